The maximum absolute atomic E-state index is 12.0. The molecule has 0 spiro atoms. The Hall–Kier alpha value is -0.990. The predicted molar refractivity (Wildman–Crippen MR) is 51.3 cm³/mol. The van der Waals surface area contributed by atoms with Crippen LogP contribution in [0, 0.1) is 0 Å². The summed E-state index contributed by atoms with van der Waals surface area (Å²) in [6, 6.07) is 0. The molecule has 0 aromatic carbocycles. The molecule has 9 heteroatoms. The number of aliphatic imine (C=N–C) groups is 2. The quantitative estimate of drug-likeness (QED) is 0.695. The molecule has 0 fully saturated rings. The Bertz CT molecular complexity index is 285. The molecule has 1 atom stereocenters. The third-order valence-electron chi connectivity index (χ3n) is 1.41. The first kappa shape index (κ1) is 12.1. The van der Waals surface area contributed by atoms with E-state index in [9.17, 15) is 8.78 Å². The highest BCUT2D eigenvalue weighted by Crippen LogP contribution is 2.09. The van der Waals surface area contributed by atoms with Crippen molar-refractivity contribution in [2.75, 3.05) is 6.54 Å². The summed E-state index contributed by atoms with van der Waals surface area (Å²) in [4.78, 5) is 11.6. The first-order chi connectivity index (χ1) is 7.04. The van der Waals surface area contributed by atoms with E-state index in [0.717, 1.165) is 0 Å². The van der Waals surface area contributed by atoms with Crippen LogP contribution in [0.4, 0.5) is 8.78 Å². The summed E-state index contributed by atoms with van der Waals surface area (Å²) in [5.41, 5.74) is 5.41. The Balaban J connectivity index is 2.83. The minimum Gasteiger partial charge on any atom is -0.299 e. The van der Waals surface area contributed by atoms with Gasteiger partial charge in [-0.2, -0.15) is 18.7 Å². The molecule has 0 aliphatic carbocycles. The van der Waals surface area contributed by atoms with Gasteiger partial charge >= 0.3 is 6.61 Å². The molecule has 6 nitrogen and oxygen atoms in total. The summed E-state index contributed by atoms with van der Waals surface area (Å²) in [6.07, 6.45) is -1.14. The van der Waals surface area contributed by atoms with Crippen LogP contribution in [0.1, 0.15) is 6.92 Å². The largest absolute Gasteiger partial charge is 0.365 e. The monoisotopic (exact) mass is 241 g/mol. The van der Waals surface area contributed by atoms with Crippen LogP contribution >= 0.6 is 11.6 Å². The highest BCUT2D eigenvalue weighted by Gasteiger charge is 2.28. The van der Waals surface area contributed by atoms with Gasteiger partial charge in [-0.25, -0.2) is 4.99 Å². The Morgan fingerprint density at radius 1 is 1.80 bits per heavy atom. The third-order valence-corrected chi connectivity index (χ3v) is 1.60. The van der Waals surface area contributed by atoms with Crippen molar-refractivity contribution in [3.05, 3.63) is 0 Å². The van der Waals surface area contributed by atoms with Gasteiger partial charge in [0.2, 0.25) is 17.5 Å². The van der Waals surface area contributed by atoms with Gasteiger partial charge in [0.05, 0.1) is 0 Å². The first-order valence-electron chi connectivity index (χ1n) is 4.09. The molecule has 0 amide bonds. The fourth-order valence-electron chi connectivity index (χ4n) is 0.931. The van der Waals surface area contributed by atoms with Crippen molar-refractivity contribution < 1.29 is 13.6 Å². The second-order valence-corrected chi connectivity index (χ2v) is 2.81. The van der Waals surface area contributed by atoms with Crippen LogP contribution in [0.15, 0.2) is 9.98 Å². The molecule has 15 heavy (non-hydrogen) atoms. The zero-order valence-corrected chi connectivity index (χ0v) is 8.58. The van der Waals surface area contributed by atoms with Gasteiger partial charge in [-0.05, 0) is 18.5 Å². The molecule has 3 N–H and O–H groups in total. The molecular weight excluding hydrogens is 232 g/mol. The van der Waals surface area contributed by atoms with Crippen molar-refractivity contribution in [1.82, 2.24) is 10.4 Å². The standard InChI is InChI=1S/C6H10ClF2N5O/c1-2-11-6-13-3(7)12-5(10)14(6)15-4(8)9/h4-5H,2,10H2,1H3,(H,11,12,13). The Morgan fingerprint density at radius 2 is 2.47 bits per heavy atom. The fourth-order valence-corrected chi connectivity index (χ4v) is 1.12. The number of nitrogens with two attached hydrogens (primary N) is 1. The van der Waals surface area contributed by atoms with E-state index in [1.165, 1.54) is 0 Å². The molecule has 0 saturated heterocycles. The van der Waals surface area contributed by atoms with Crippen molar-refractivity contribution in [2.24, 2.45) is 15.7 Å². The molecule has 0 aromatic heterocycles. The lowest BCUT2D eigenvalue weighted by Crippen LogP contribution is -2.56. The number of nitrogens with zero attached hydrogens (tertiary/aromatic N) is 3. The van der Waals surface area contributed by atoms with Crippen LogP contribution < -0.4 is 11.1 Å². The van der Waals surface area contributed by atoms with Crippen LogP contribution in [0.5, 0.6) is 0 Å². The van der Waals surface area contributed by atoms with Crippen molar-refractivity contribution in [2.45, 2.75) is 19.8 Å². The highest BCUT2D eigenvalue weighted by molar-refractivity contribution is 6.66. The molecule has 0 radical (unpaired) electrons. The Morgan fingerprint density at radius 3 is 3.00 bits per heavy atom. The smallest absolute Gasteiger partial charge is 0.299 e. The SMILES string of the molecule is CCN=C1NC(Cl)=NC(N)N1OC(F)F. The average molecular weight is 242 g/mol. The zero-order chi connectivity index (χ0) is 11.4. The molecule has 1 heterocycles. The van der Waals surface area contributed by atoms with Crippen molar-refractivity contribution >= 4 is 22.9 Å². The summed E-state index contributed by atoms with van der Waals surface area (Å²) < 4.78 is 24.0. The number of hydrogen-bond donors (Lipinski definition) is 2. The van der Waals surface area contributed by atoms with Gasteiger partial charge in [0.25, 0.3) is 0 Å². The van der Waals surface area contributed by atoms with E-state index in [2.05, 4.69) is 20.1 Å². The third kappa shape index (κ3) is 3.26. The second kappa shape index (κ2) is 5.19. The Labute approximate surface area is 89.7 Å². The molecule has 1 unspecified atom stereocenters. The number of nitrogens with one attached hydrogen (secondary N) is 1. The van der Waals surface area contributed by atoms with Crippen molar-refractivity contribution in [1.29, 1.82) is 0 Å². The number of hydroxylamine groups is 2. The van der Waals surface area contributed by atoms with Crippen LogP contribution in [-0.2, 0) is 4.84 Å². The average Bonchev–Trinajstić information content (AvgIpc) is 2.11. The lowest BCUT2D eigenvalue weighted by Gasteiger charge is -2.30. The molecule has 1 rings (SSSR count). The van der Waals surface area contributed by atoms with E-state index in [1.54, 1.807) is 6.92 Å². The van der Waals surface area contributed by atoms with Gasteiger partial charge in [0, 0.05) is 6.54 Å². The highest BCUT2D eigenvalue weighted by atomic mass is 35.5. The normalized spacial score (nSPS) is 24.4. The van der Waals surface area contributed by atoms with E-state index in [-0.39, 0.29) is 11.3 Å². The van der Waals surface area contributed by atoms with Gasteiger partial charge < -0.3 is 0 Å². The number of hydrogen-bond acceptors (Lipinski definition) is 4. The summed E-state index contributed by atoms with van der Waals surface area (Å²) in [7, 11) is 0. The maximum Gasteiger partial charge on any atom is 0.365 e. The van der Waals surface area contributed by atoms with E-state index in [1.807, 2.05) is 0 Å². The van der Waals surface area contributed by atoms with Gasteiger partial charge in [-0.15, -0.1) is 0 Å². The molecule has 0 saturated carbocycles. The number of alkyl halides is 2. The number of amidine groups is 1. The minimum absolute atomic E-state index is 0.00491. The van der Waals surface area contributed by atoms with Crippen LogP contribution in [0.3, 0.4) is 0 Å². The molecule has 1 aliphatic heterocycles. The van der Waals surface area contributed by atoms with E-state index in [0.29, 0.717) is 11.6 Å². The lowest BCUT2D eigenvalue weighted by molar-refractivity contribution is -0.263. The second-order valence-electron chi connectivity index (χ2n) is 2.45. The molecule has 1 aliphatic rings. The molecule has 0 aromatic rings. The van der Waals surface area contributed by atoms with Gasteiger partial charge in [0.15, 0.2) is 0 Å². The summed E-state index contributed by atoms with van der Waals surface area (Å²) in [5.74, 6) is 0.00491. The van der Waals surface area contributed by atoms with Gasteiger partial charge in [-0.3, -0.25) is 16.0 Å². The van der Waals surface area contributed by atoms with E-state index < -0.39 is 12.9 Å². The maximum atomic E-state index is 12.0. The summed E-state index contributed by atoms with van der Waals surface area (Å²) in [6.45, 7) is -0.921. The number of rotatable bonds is 3. The lowest BCUT2D eigenvalue weighted by atomic mass is 10.6. The number of halogens is 3. The zero-order valence-electron chi connectivity index (χ0n) is 7.82. The Kier molecular flexibility index (Phi) is 4.18. The summed E-state index contributed by atoms with van der Waals surface area (Å²) in [5, 5.41) is 3.10. The predicted octanol–water partition coefficient (Wildman–Crippen LogP) is 0.259. The van der Waals surface area contributed by atoms with Crippen LogP contribution in [0.2, 0.25) is 0 Å². The van der Waals surface area contributed by atoms with E-state index >= 15 is 0 Å². The van der Waals surface area contributed by atoms with Crippen LogP contribution in [0.25, 0.3) is 0 Å². The summed E-state index contributed by atoms with van der Waals surface area (Å²) >= 11 is 5.55. The minimum atomic E-state index is -3.01. The van der Waals surface area contributed by atoms with Crippen LogP contribution in [-0.4, -0.2) is 35.8 Å². The van der Waals surface area contributed by atoms with Gasteiger partial charge in [-0.1, -0.05) is 0 Å². The number of guanidine groups is 1. The molecule has 86 valence electrons. The first-order valence-corrected chi connectivity index (χ1v) is 4.47. The van der Waals surface area contributed by atoms with Crippen molar-refractivity contribution in [3.8, 4) is 0 Å². The van der Waals surface area contributed by atoms with Gasteiger partial charge in [0.1, 0.15) is 0 Å². The van der Waals surface area contributed by atoms with Crippen molar-refractivity contribution in [3.63, 3.8) is 0 Å². The van der Waals surface area contributed by atoms with E-state index in [4.69, 9.17) is 17.3 Å². The fraction of sp³-hybridized carbons (Fsp3) is 0.667. The topological polar surface area (TPSA) is 75.2 Å². The molecule has 0 bridgehead atoms. The molecular formula is C6H10ClF2N5O.